The SMILES string of the molecule is Cc1ccc2nc(C=Cc3ccc(Cl)cc3)nc(N[C@@H]3CCC[C@@H](NC(=N)N)C3)c2c1.Cl.Cl. The summed E-state index contributed by atoms with van der Waals surface area (Å²) in [5.41, 5.74) is 8.66. The van der Waals surface area contributed by atoms with Gasteiger partial charge in [-0.05, 0) is 68.5 Å². The molecule has 5 N–H and O–H groups in total. The molecule has 1 aliphatic rings. The van der Waals surface area contributed by atoms with Gasteiger partial charge in [-0.2, -0.15) is 0 Å². The number of benzene rings is 2. The van der Waals surface area contributed by atoms with Gasteiger partial charge in [0.2, 0.25) is 0 Å². The summed E-state index contributed by atoms with van der Waals surface area (Å²) in [5.74, 6) is 1.53. The second kappa shape index (κ2) is 12.1. The summed E-state index contributed by atoms with van der Waals surface area (Å²) in [5, 5.41) is 16.0. The number of nitrogens with two attached hydrogens (primary N) is 1. The highest BCUT2D eigenvalue weighted by atomic mass is 35.5. The largest absolute Gasteiger partial charge is 0.370 e. The van der Waals surface area contributed by atoms with Crippen LogP contribution in [0.15, 0.2) is 42.5 Å². The molecule has 0 spiro atoms. The number of aromatic nitrogens is 2. The van der Waals surface area contributed by atoms with Gasteiger partial charge in [0.05, 0.1) is 5.52 Å². The molecule has 1 saturated carbocycles. The summed E-state index contributed by atoms with van der Waals surface area (Å²) in [7, 11) is 0. The molecule has 4 rings (SSSR count). The van der Waals surface area contributed by atoms with Crippen molar-refractivity contribution >= 4 is 71.2 Å². The zero-order valence-electron chi connectivity index (χ0n) is 18.3. The third kappa shape index (κ3) is 7.22. The molecule has 1 heterocycles. The Balaban J connectivity index is 0.00000193. The number of hydrogen-bond acceptors (Lipinski definition) is 4. The van der Waals surface area contributed by atoms with E-state index in [9.17, 15) is 0 Å². The van der Waals surface area contributed by atoms with Gasteiger partial charge in [-0.25, -0.2) is 9.97 Å². The third-order valence-corrected chi connectivity index (χ3v) is 5.79. The Hall–Kier alpha value is -2.54. The van der Waals surface area contributed by atoms with Gasteiger partial charge in [0.15, 0.2) is 11.8 Å². The molecule has 0 saturated heterocycles. The van der Waals surface area contributed by atoms with Crippen LogP contribution in [0.5, 0.6) is 0 Å². The number of aryl methyl sites for hydroxylation is 1. The molecule has 0 unspecified atom stereocenters. The Morgan fingerprint density at radius 3 is 2.52 bits per heavy atom. The van der Waals surface area contributed by atoms with Crippen molar-refractivity contribution in [3.05, 3.63) is 64.4 Å². The Morgan fingerprint density at radius 2 is 1.79 bits per heavy atom. The van der Waals surface area contributed by atoms with Gasteiger partial charge in [-0.15, -0.1) is 24.8 Å². The van der Waals surface area contributed by atoms with Gasteiger partial charge in [0.25, 0.3) is 0 Å². The highest BCUT2D eigenvalue weighted by Gasteiger charge is 2.23. The highest BCUT2D eigenvalue weighted by Crippen LogP contribution is 2.27. The van der Waals surface area contributed by atoms with Crippen molar-refractivity contribution < 1.29 is 0 Å². The van der Waals surface area contributed by atoms with E-state index < -0.39 is 0 Å². The minimum atomic E-state index is 0. The fourth-order valence-corrected chi connectivity index (χ4v) is 4.18. The molecular formula is C24H29Cl3N6. The third-order valence-electron chi connectivity index (χ3n) is 5.54. The lowest BCUT2D eigenvalue weighted by Crippen LogP contribution is -2.44. The molecule has 1 fully saturated rings. The first-order valence-corrected chi connectivity index (χ1v) is 10.9. The molecule has 176 valence electrons. The number of hydrogen-bond donors (Lipinski definition) is 4. The number of nitrogens with zero attached hydrogens (tertiary/aromatic N) is 2. The van der Waals surface area contributed by atoms with Crippen LogP contribution in [0.4, 0.5) is 5.82 Å². The maximum absolute atomic E-state index is 7.52. The van der Waals surface area contributed by atoms with E-state index in [4.69, 9.17) is 32.7 Å². The summed E-state index contributed by atoms with van der Waals surface area (Å²) in [6, 6.07) is 14.4. The zero-order valence-corrected chi connectivity index (χ0v) is 20.7. The molecule has 2 aromatic carbocycles. The number of rotatable bonds is 5. The minimum Gasteiger partial charge on any atom is -0.370 e. The maximum Gasteiger partial charge on any atom is 0.185 e. The van der Waals surface area contributed by atoms with Crippen LogP contribution in [-0.4, -0.2) is 28.0 Å². The van der Waals surface area contributed by atoms with E-state index >= 15 is 0 Å². The van der Waals surface area contributed by atoms with Crippen LogP contribution < -0.4 is 16.4 Å². The van der Waals surface area contributed by atoms with E-state index in [2.05, 4.69) is 29.7 Å². The zero-order chi connectivity index (χ0) is 21.8. The molecule has 0 radical (unpaired) electrons. The molecular weight excluding hydrogens is 479 g/mol. The lowest BCUT2D eigenvalue weighted by atomic mass is 9.91. The van der Waals surface area contributed by atoms with E-state index in [1.165, 1.54) is 5.56 Å². The maximum atomic E-state index is 7.52. The molecule has 6 nitrogen and oxygen atoms in total. The van der Waals surface area contributed by atoms with Crippen LogP contribution in [-0.2, 0) is 0 Å². The second-order valence-corrected chi connectivity index (χ2v) is 8.54. The standard InChI is InChI=1S/C24H27ClN6.2ClH/c1-15-5-11-21-20(13-15)23(28-18-3-2-4-19(14-18)29-24(26)27)31-22(30-21)12-8-16-6-9-17(25)10-7-16;;/h5-13,18-19H,2-4,14H2,1H3,(H4,26,27,29)(H,28,30,31);2*1H/t18-,19-;;/m1../s1. The number of guanidine groups is 1. The Kier molecular flexibility index (Phi) is 9.77. The van der Waals surface area contributed by atoms with Crippen molar-refractivity contribution in [2.24, 2.45) is 5.73 Å². The van der Waals surface area contributed by atoms with Crippen molar-refractivity contribution in [2.75, 3.05) is 5.32 Å². The molecule has 2 atom stereocenters. The van der Waals surface area contributed by atoms with E-state index in [0.717, 1.165) is 48.0 Å². The van der Waals surface area contributed by atoms with Crippen molar-refractivity contribution in [2.45, 2.75) is 44.7 Å². The minimum absolute atomic E-state index is 0. The predicted molar refractivity (Wildman–Crippen MR) is 144 cm³/mol. The van der Waals surface area contributed by atoms with Gasteiger partial charge in [0.1, 0.15) is 5.82 Å². The quantitative estimate of drug-likeness (QED) is 0.258. The monoisotopic (exact) mass is 506 g/mol. The number of nitrogens with one attached hydrogen (secondary N) is 3. The van der Waals surface area contributed by atoms with Gasteiger partial charge in [-0.1, -0.05) is 41.4 Å². The average molecular weight is 508 g/mol. The first-order chi connectivity index (χ1) is 15.0. The molecule has 3 aromatic rings. The normalized spacial score (nSPS) is 17.8. The van der Waals surface area contributed by atoms with Gasteiger partial charge >= 0.3 is 0 Å². The summed E-state index contributed by atoms with van der Waals surface area (Å²) in [6.45, 7) is 2.07. The van der Waals surface area contributed by atoms with Crippen molar-refractivity contribution in [1.29, 1.82) is 5.41 Å². The fraction of sp³-hybridized carbons (Fsp3) is 0.292. The molecule has 1 aliphatic carbocycles. The van der Waals surface area contributed by atoms with E-state index in [-0.39, 0.29) is 42.9 Å². The van der Waals surface area contributed by atoms with Gasteiger partial charge in [-0.3, -0.25) is 5.41 Å². The Morgan fingerprint density at radius 1 is 1.06 bits per heavy atom. The van der Waals surface area contributed by atoms with Crippen molar-refractivity contribution in [3.63, 3.8) is 0 Å². The molecule has 0 amide bonds. The van der Waals surface area contributed by atoms with Crippen LogP contribution >= 0.6 is 36.4 Å². The Labute approximate surface area is 211 Å². The first kappa shape index (κ1) is 26.7. The van der Waals surface area contributed by atoms with E-state index in [1.807, 2.05) is 42.5 Å². The smallest absolute Gasteiger partial charge is 0.185 e. The molecule has 0 aliphatic heterocycles. The Bertz CT molecular complexity index is 1120. The summed E-state index contributed by atoms with van der Waals surface area (Å²) in [4.78, 5) is 9.57. The number of halogens is 3. The van der Waals surface area contributed by atoms with Crippen LogP contribution in [0.2, 0.25) is 5.02 Å². The molecule has 1 aromatic heterocycles. The molecule has 0 bridgehead atoms. The average Bonchev–Trinajstić information content (AvgIpc) is 2.73. The van der Waals surface area contributed by atoms with Gasteiger partial charge < -0.3 is 16.4 Å². The van der Waals surface area contributed by atoms with Gasteiger partial charge in [0, 0.05) is 22.5 Å². The highest BCUT2D eigenvalue weighted by molar-refractivity contribution is 6.30. The van der Waals surface area contributed by atoms with E-state index in [1.54, 1.807) is 0 Å². The second-order valence-electron chi connectivity index (χ2n) is 8.10. The van der Waals surface area contributed by atoms with Crippen LogP contribution in [0.1, 0.15) is 42.6 Å². The molecule has 9 heteroatoms. The summed E-state index contributed by atoms with van der Waals surface area (Å²) >= 11 is 5.98. The number of fused-ring (bicyclic) bond motifs is 1. The van der Waals surface area contributed by atoms with Crippen LogP contribution in [0.3, 0.4) is 0 Å². The lowest BCUT2D eigenvalue weighted by Gasteiger charge is -2.31. The number of anilines is 1. The lowest BCUT2D eigenvalue weighted by molar-refractivity contribution is 0.384. The van der Waals surface area contributed by atoms with E-state index in [0.29, 0.717) is 10.8 Å². The first-order valence-electron chi connectivity index (χ1n) is 10.6. The van der Waals surface area contributed by atoms with Crippen LogP contribution in [0, 0.1) is 12.3 Å². The van der Waals surface area contributed by atoms with Crippen molar-refractivity contribution in [1.82, 2.24) is 15.3 Å². The summed E-state index contributed by atoms with van der Waals surface area (Å²) in [6.07, 6.45) is 7.97. The fourth-order valence-electron chi connectivity index (χ4n) is 4.05. The summed E-state index contributed by atoms with van der Waals surface area (Å²) < 4.78 is 0. The topological polar surface area (TPSA) is 99.7 Å². The van der Waals surface area contributed by atoms with Crippen molar-refractivity contribution in [3.8, 4) is 0 Å². The predicted octanol–water partition coefficient (Wildman–Crippen LogP) is 5.81. The molecule has 33 heavy (non-hydrogen) atoms. The van der Waals surface area contributed by atoms with Crippen LogP contribution in [0.25, 0.3) is 23.1 Å².